The topological polar surface area (TPSA) is 181 Å². The average molecular weight is 955 g/mol. The molecule has 3 aliphatic rings. The zero-order chi connectivity index (χ0) is 48.2. The monoisotopic (exact) mass is 954 g/mol. The van der Waals surface area contributed by atoms with Gasteiger partial charge >= 0.3 is 6.97 Å². The molecule has 0 saturated carbocycles. The molecule has 19 heteroatoms. The molecule has 0 bridgehead atoms. The highest BCUT2D eigenvalue weighted by Gasteiger charge is 2.52. The normalized spacial score (nSPS) is 17.2. The van der Waals surface area contributed by atoms with Crippen molar-refractivity contribution < 1.29 is 44.7 Å². The van der Waals surface area contributed by atoms with Crippen molar-refractivity contribution in [3.8, 4) is 17.2 Å². The van der Waals surface area contributed by atoms with E-state index in [4.69, 9.17) is 14.9 Å². The maximum absolute atomic E-state index is 15.8. The molecule has 8 rings (SSSR count). The summed E-state index contributed by atoms with van der Waals surface area (Å²) in [6.07, 6.45) is 18.4. The number of amides is 2. The van der Waals surface area contributed by atoms with Crippen LogP contribution in [-0.4, -0.2) is 82.0 Å². The second kappa shape index (κ2) is 20.2. The predicted molar refractivity (Wildman–Crippen MR) is 255 cm³/mol. The second-order valence-electron chi connectivity index (χ2n) is 18.8. The first-order chi connectivity index (χ1) is 32.5. The summed E-state index contributed by atoms with van der Waals surface area (Å²) in [5, 5.41) is 11.0. The van der Waals surface area contributed by atoms with Crippen LogP contribution in [0.5, 0.6) is 5.75 Å². The van der Waals surface area contributed by atoms with Crippen molar-refractivity contribution in [3.05, 3.63) is 119 Å². The van der Waals surface area contributed by atoms with Crippen LogP contribution in [0.25, 0.3) is 17.5 Å². The molecule has 0 radical (unpaired) electrons. The Hall–Kier alpha value is -6.21. The van der Waals surface area contributed by atoms with Gasteiger partial charge in [-0.2, -0.15) is 0 Å². The smallest absolute Gasteiger partial charge is 0.494 e. The minimum atomic E-state index is -4.12. The van der Waals surface area contributed by atoms with E-state index in [1.807, 2.05) is 20.8 Å². The number of H-pyrrole nitrogens is 1. The predicted octanol–water partition coefficient (Wildman–Crippen LogP) is 8.24. The van der Waals surface area contributed by atoms with E-state index < -0.39 is 45.7 Å². The first-order valence-corrected chi connectivity index (χ1v) is 25.0. The third-order valence-corrected chi connectivity index (χ3v) is 14.3. The number of aryl methyl sites for hydroxylation is 1. The molecular formula is C49H58BF3N8O6S. The average Bonchev–Trinajstić information content (AvgIpc) is 4.14. The highest BCUT2D eigenvalue weighted by atomic mass is 32.2. The number of aromatic nitrogens is 4. The standard InChI is InChI=1S/C49H58BF3N8O6S/c1-49(2,3)48-58-57-46(67-48)38-28-43-44(29-39(38)51)68(64,65)32-40(54)47(63)59(43)30-33-15-19-37(20-16-33)66-25-12-10-8-6-4-5-7-9-11-23-56-45(62)22-17-34-26-36-27-35-18-21-42(41-14-13-24-55-41)61(35)50(52,53)60(36)31-34/h13-16,18-21,24,26-29,31,40,55H,4-12,17,22-23,25,30,32,54H2,1-3H3,(H,56,62)/t40-/m0/s1. The Morgan fingerprint density at radius 1 is 0.985 bits per heavy atom. The van der Waals surface area contributed by atoms with E-state index in [1.165, 1.54) is 17.2 Å². The van der Waals surface area contributed by atoms with Crippen molar-refractivity contribution in [2.45, 2.75) is 114 Å². The number of nitrogens with zero attached hydrogens (tertiary/aromatic N) is 5. The van der Waals surface area contributed by atoms with Gasteiger partial charge < -0.3 is 47.7 Å². The highest BCUT2D eigenvalue weighted by molar-refractivity contribution is 7.91. The summed E-state index contributed by atoms with van der Waals surface area (Å²) in [7, 11) is -4.12. The minimum absolute atomic E-state index is 0.0170. The molecule has 0 aliphatic carbocycles. The minimum Gasteiger partial charge on any atom is -0.494 e. The second-order valence-corrected chi connectivity index (χ2v) is 20.8. The van der Waals surface area contributed by atoms with Crippen LogP contribution in [0.15, 0.2) is 94.2 Å². The summed E-state index contributed by atoms with van der Waals surface area (Å²) in [5.41, 5.74) is 8.76. The van der Waals surface area contributed by atoms with Crippen LogP contribution in [0.1, 0.15) is 113 Å². The van der Waals surface area contributed by atoms with Crippen LogP contribution in [0.2, 0.25) is 0 Å². The maximum Gasteiger partial charge on any atom is 0.737 e. The number of unbranched alkanes of at least 4 members (excludes halogenated alkanes) is 8. The fraction of sp³-hybridized carbons (Fsp3) is 0.408. The number of sulfone groups is 1. The van der Waals surface area contributed by atoms with Gasteiger partial charge in [-0.25, -0.2) is 12.8 Å². The SMILES string of the molecule is CC(C)(C)c1nnc(-c2cc3c(cc2F)S(=O)(=O)C[C@H](N)C(=O)N3Cc2ccc(OCCCCCCCCCCCNC(=O)CCc3cc4n(c3)[B-](F)(F)[N+]3=C(c5ccc[nH]5)C=CC3=C4)cc2)o1. The Labute approximate surface area is 394 Å². The van der Waals surface area contributed by atoms with E-state index in [0.717, 1.165) is 72.8 Å². The number of nitrogens with one attached hydrogen (secondary N) is 2. The Morgan fingerprint density at radius 3 is 2.40 bits per heavy atom. The van der Waals surface area contributed by atoms with E-state index in [0.29, 0.717) is 59.2 Å². The van der Waals surface area contributed by atoms with Gasteiger partial charge in [-0.1, -0.05) is 77.8 Å². The molecule has 0 unspecified atom stereocenters. The van der Waals surface area contributed by atoms with Crippen LogP contribution >= 0.6 is 0 Å². The molecule has 2 aromatic carbocycles. The number of allylic oxidation sites excluding steroid dienone is 2. The first kappa shape index (κ1) is 48.3. The first-order valence-electron chi connectivity index (χ1n) is 23.4. The number of fused-ring (bicyclic) bond motifs is 3. The number of hydrogen-bond acceptors (Lipinski definition) is 9. The number of aromatic amines is 1. The number of anilines is 1. The molecule has 2 amide bonds. The summed E-state index contributed by atoms with van der Waals surface area (Å²) in [5.74, 6) is -1.44. The van der Waals surface area contributed by atoms with Crippen molar-refractivity contribution in [2.24, 2.45) is 5.73 Å². The summed E-state index contributed by atoms with van der Waals surface area (Å²) >= 11 is 0. The molecule has 3 aromatic heterocycles. The number of hydrogen-bond donors (Lipinski definition) is 3. The molecular weight excluding hydrogens is 896 g/mol. The van der Waals surface area contributed by atoms with Crippen molar-refractivity contribution in [3.63, 3.8) is 0 Å². The van der Waals surface area contributed by atoms with Gasteiger partial charge in [0.05, 0.1) is 41.1 Å². The van der Waals surface area contributed by atoms with Gasteiger partial charge in [0.1, 0.15) is 17.3 Å². The zero-order valence-corrected chi connectivity index (χ0v) is 39.5. The number of ether oxygens (including phenoxy) is 1. The molecule has 0 saturated heterocycles. The number of benzene rings is 2. The summed E-state index contributed by atoms with van der Waals surface area (Å²) in [6, 6.07) is 13.3. The molecule has 1 atom stereocenters. The quantitative estimate of drug-likeness (QED) is 0.0512. The Balaban J connectivity index is 0.700. The molecule has 0 fully saturated rings. The number of carbonyl (C=O) groups excluding carboxylic acids is 2. The van der Waals surface area contributed by atoms with E-state index in [9.17, 15) is 18.0 Å². The van der Waals surface area contributed by atoms with Crippen LogP contribution in [0.4, 0.5) is 18.7 Å². The number of nitrogens with two attached hydrogens (primary N) is 1. The number of halogens is 3. The van der Waals surface area contributed by atoms with Gasteiger partial charge in [0, 0.05) is 48.5 Å². The Bertz CT molecular complexity index is 2850. The summed E-state index contributed by atoms with van der Waals surface area (Å²) in [6.45, 7) is 2.62. The van der Waals surface area contributed by atoms with Crippen molar-refractivity contribution in [1.29, 1.82) is 0 Å². The molecule has 0 spiro atoms. The van der Waals surface area contributed by atoms with E-state index in [1.54, 1.807) is 66.9 Å². The van der Waals surface area contributed by atoms with Crippen LogP contribution in [-0.2, 0) is 37.8 Å². The van der Waals surface area contributed by atoms with Crippen LogP contribution in [0.3, 0.4) is 0 Å². The van der Waals surface area contributed by atoms with Crippen molar-refractivity contribution in [2.75, 3.05) is 23.8 Å². The largest absolute Gasteiger partial charge is 0.737 e. The lowest BCUT2D eigenvalue weighted by molar-refractivity contribution is -0.360. The van der Waals surface area contributed by atoms with Crippen molar-refractivity contribution in [1.82, 2.24) is 25.0 Å². The molecule has 6 heterocycles. The molecule has 360 valence electrons. The fourth-order valence-corrected chi connectivity index (χ4v) is 10.3. The molecule has 5 aromatic rings. The summed E-state index contributed by atoms with van der Waals surface area (Å²) < 4.78 is 87.5. The van der Waals surface area contributed by atoms with Gasteiger partial charge in [0.15, 0.2) is 21.2 Å². The summed E-state index contributed by atoms with van der Waals surface area (Å²) in [4.78, 5) is 30.1. The zero-order valence-electron chi connectivity index (χ0n) is 38.6. The van der Waals surface area contributed by atoms with Crippen molar-refractivity contribution >= 4 is 46.1 Å². The molecule has 68 heavy (non-hydrogen) atoms. The number of rotatable bonds is 20. The Kier molecular flexibility index (Phi) is 14.3. The van der Waals surface area contributed by atoms with E-state index >= 15 is 13.0 Å². The van der Waals surface area contributed by atoms with Gasteiger partial charge in [-0.05, 0) is 79.1 Å². The lowest BCUT2D eigenvalue weighted by Gasteiger charge is -2.28. The van der Waals surface area contributed by atoms with Gasteiger partial charge in [-0.3, -0.25) is 9.59 Å². The van der Waals surface area contributed by atoms with E-state index in [2.05, 4.69) is 20.5 Å². The Morgan fingerprint density at radius 2 is 1.71 bits per heavy atom. The highest BCUT2D eigenvalue weighted by Crippen LogP contribution is 2.38. The molecule has 4 N–H and O–H groups in total. The number of carbonyl (C=O) groups is 2. The lowest BCUT2D eigenvalue weighted by atomic mass is 9.91. The van der Waals surface area contributed by atoms with Gasteiger partial charge in [0.25, 0.3) is 5.89 Å². The lowest BCUT2D eigenvalue weighted by Crippen LogP contribution is -2.49. The van der Waals surface area contributed by atoms with E-state index in [-0.39, 0.29) is 46.8 Å². The molecule has 3 aliphatic heterocycles. The molecule has 14 nitrogen and oxygen atoms in total. The third-order valence-electron chi connectivity index (χ3n) is 12.5. The maximum atomic E-state index is 15.8. The van der Waals surface area contributed by atoms with Crippen LogP contribution < -0.4 is 20.7 Å². The van der Waals surface area contributed by atoms with Gasteiger partial charge in [0.2, 0.25) is 17.7 Å². The third kappa shape index (κ3) is 10.7. The van der Waals surface area contributed by atoms with Crippen LogP contribution in [0, 0.1) is 5.82 Å². The fourth-order valence-electron chi connectivity index (χ4n) is 8.77. The van der Waals surface area contributed by atoms with Gasteiger partial charge in [-0.15, -0.1) is 10.2 Å².